The number of likely N-dealkylation sites (N-methyl/N-ethyl adjacent to an activating group) is 2. The van der Waals surface area contributed by atoms with Gasteiger partial charge in [-0.3, -0.25) is 14.5 Å². The minimum atomic E-state index is -0.316. The van der Waals surface area contributed by atoms with Gasteiger partial charge in [0.1, 0.15) is 0 Å². The molecule has 0 saturated carbocycles. The average molecular weight is 284 g/mol. The highest BCUT2D eigenvalue weighted by Gasteiger charge is 2.34. The van der Waals surface area contributed by atoms with Gasteiger partial charge in [0.2, 0.25) is 5.91 Å². The van der Waals surface area contributed by atoms with Crippen LogP contribution < -0.4 is 0 Å². The maximum absolute atomic E-state index is 12.7. The molecule has 2 atom stereocenters. The summed E-state index contributed by atoms with van der Waals surface area (Å²) in [5, 5.41) is 0. The largest absolute Gasteiger partial charge is 0.334 e. The number of Topliss-reactive ketones (excluding diaryl/α,β-unsaturated/α-hetero) is 1. The van der Waals surface area contributed by atoms with E-state index in [1.807, 2.05) is 53.6 Å². The first kappa shape index (κ1) is 19.1. The molecule has 20 heavy (non-hydrogen) atoms. The number of ketones is 1. The summed E-state index contributed by atoms with van der Waals surface area (Å²) < 4.78 is 0. The van der Waals surface area contributed by atoms with Crippen molar-refractivity contribution in [3.05, 3.63) is 0 Å². The van der Waals surface area contributed by atoms with Gasteiger partial charge in [0.05, 0.1) is 12.1 Å². The van der Waals surface area contributed by atoms with Crippen molar-refractivity contribution in [2.45, 2.75) is 59.5 Å². The van der Waals surface area contributed by atoms with Gasteiger partial charge in [0.25, 0.3) is 0 Å². The topological polar surface area (TPSA) is 40.6 Å². The second-order valence-corrected chi connectivity index (χ2v) is 6.51. The fourth-order valence-corrected chi connectivity index (χ4v) is 2.88. The van der Waals surface area contributed by atoms with Gasteiger partial charge in [-0.25, -0.2) is 0 Å². The van der Waals surface area contributed by atoms with Gasteiger partial charge in [-0.2, -0.15) is 0 Å². The van der Waals surface area contributed by atoms with Gasteiger partial charge < -0.3 is 4.90 Å². The first-order valence-corrected chi connectivity index (χ1v) is 7.60. The standard InChI is InChI=1S/C16H32N2O2/c1-9-10-13(19)14(11(2)3)18(8)16(20)15(12(4)5)17(6)7/h11-12,14-15H,9-10H2,1-8H3/t14-,15-/m0/s1. The third-order valence-electron chi connectivity index (χ3n) is 3.66. The van der Waals surface area contributed by atoms with Crippen molar-refractivity contribution >= 4 is 11.7 Å². The number of hydrogen-bond donors (Lipinski definition) is 0. The second-order valence-electron chi connectivity index (χ2n) is 6.51. The van der Waals surface area contributed by atoms with Crippen molar-refractivity contribution in [2.75, 3.05) is 21.1 Å². The van der Waals surface area contributed by atoms with Crippen molar-refractivity contribution < 1.29 is 9.59 Å². The lowest BCUT2D eigenvalue weighted by atomic mass is 9.93. The molecular weight excluding hydrogens is 252 g/mol. The Bertz CT molecular complexity index is 316. The molecule has 0 aromatic carbocycles. The molecule has 4 heteroatoms. The Balaban J connectivity index is 5.19. The molecule has 0 aromatic heterocycles. The summed E-state index contributed by atoms with van der Waals surface area (Å²) in [5.74, 6) is 0.555. The molecule has 0 radical (unpaired) electrons. The zero-order valence-electron chi connectivity index (χ0n) is 14.4. The molecule has 0 aliphatic carbocycles. The Morgan fingerprint density at radius 1 is 0.900 bits per heavy atom. The van der Waals surface area contributed by atoms with Crippen molar-refractivity contribution in [3.63, 3.8) is 0 Å². The first-order chi connectivity index (χ1) is 9.14. The fraction of sp³-hybridized carbons (Fsp3) is 0.875. The van der Waals surface area contributed by atoms with Crippen LogP contribution in [0.3, 0.4) is 0 Å². The van der Waals surface area contributed by atoms with E-state index in [9.17, 15) is 9.59 Å². The molecule has 0 saturated heterocycles. The average Bonchev–Trinajstić information content (AvgIpc) is 2.27. The lowest BCUT2D eigenvalue weighted by molar-refractivity contribution is -0.144. The van der Waals surface area contributed by atoms with Crippen LogP contribution in [0.15, 0.2) is 0 Å². The van der Waals surface area contributed by atoms with Gasteiger partial charge in [-0.15, -0.1) is 0 Å². The fourth-order valence-electron chi connectivity index (χ4n) is 2.88. The number of hydrogen-bond acceptors (Lipinski definition) is 3. The highest BCUT2D eigenvalue weighted by atomic mass is 16.2. The smallest absolute Gasteiger partial charge is 0.240 e. The maximum Gasteiger partial charge on any atom is 0.240 e. The summed E-state index contributed by atoms with van der Waals surface area (Å²) in [4.78, 5) is 28.6. The second kappa shape index (κ2) is 8.40. The lowest BCUT2D eigenvalue weighted by Crippen LogP contribution is -2.54. The van der Waals surface area contributed by atoms with E-state index >= 15 is 0 Å². The molecule has 0 aliphatic heterocycles. The van der Waals surface area contributed by atoms with Crippen molar-refractivity contribution in [2.24, 2.45) is 11.8 Å². The van der Waals surface area contributed by atoms with Crippen LogP contribution in [0.5, 0.6) is 0 Å². The predicted octanol–water partition coefficient (Wildman–Crippen LogP) is 2.42. The molecule has 0 fully saturated rings. The van der Waals surface area contributed by atoms with E-state index in [1.54, 1.807) is 11.9 Å². The Morgan fingerprint density at radius 2 is 1.35 bits per heavy atom. The molecule has 0 bridgehead atoms. The molecule has 0 aliphatic rings. The number of carbonyl (C=O) groups is 2. The van der Waals surface area contributed by atoms with Crippen LogP contribution in [0.2, 0.25) is 0 Å². The van der Waals surface area contributed by atoms with Crippen molar-refractivity contribution in [3.8, 4) is 0 Å². The van der Waals surface area contributed by atoms with E-state index in [1.165, 1.54) is 0 Å². The van der Waals surface area contributed by atoms with Crippen LogP contribution in [0.1, 0.15) is 47.5 Å². The van der Waals surface area contributed by atoms with E-state index in [2.05, 4.69) is 0 Å². The summed E-state index contributed by atoms with van der Waals surface area (Å²) >= 11 is 0. The summed E-state index contributed by atoms with van der Waals surface area (Å²) in [7, 11) is 5.59. The van der Waals surface area contributed by atoms with E-state index in [0.29, 0.717) is 6.42 Å². The molecular formula is C16H32N2O2. The minimum Gasteiger partial charge on any atom is -0.334 e. The van der Waals surface area contributed by atoms with E-state index in [4.69, 9.17) is 0 Å². The Kier molecular flexibility index (Phi) is 8.02. The van der Waals surface area contributed by atoms with Gasteiger partial charge in [0, 0.05) is 13.5 Å². The van der Waals surface area contributed by atoms with E-state index in [0.717, 1.165) is 6.42 Å². The highest BCUT2D eigenvalue weighted by molar-refractivity contribution is 5.91. The zero-order chi connectivity index (χ0) is 16.0. The summed E-state index contributed by atoms with van der Waals surface area (Å²) in [5.41, 5.74) is 0. The summed E-state index contributed by atoms with van der Waals surface area (Å²) in [6.45, 7) is 10.1. The van der Waals surface area contributed by atoms with Crippen molar-refractivity contribution in [1.29, 1.82) is 0 Å². The Labute approximate surface area is 124 Å². The molecule has 1 amide bonds. The van der Waals surface area contributed by atoms with Crippen molar-refractivity contribution in [1.82, 2.24) is 9.80 Å². The molecule has 0 heterocycles. The summed E-state index contributed by atoms with van der Waals surface area (Å²) in [6.07, 6.45) is 1.36. The SMILES string of the molecule is CCCC(=O)[C@H](C(C)C)N(C)C(=O)[C@H](C(C)C)N(C)C. The third-order valence-corrected chi connectivity index (χ3v) is 3.66. The third kappa shape index (κ3) is 4.89. The molecule has 4 nitrogen and oxygen atoms in total. The number of nitrogens with zero attached hydrogens (tertiary/aromatic N) is 2. The number of carbonyl (C=O) groups excluding carboxylic acids is 2. The molecule has 0 unspecified atom stereocenters. The molecule has 118 valence electrons. The lowest BCUT2D eigenvalue weighted by Gasteiger charge is -2.36. The van der Waals surface area contributed by atoms with E-state index in [-0.39, 0.29) is 35.6 Å². The Hall–Kier alpha value is -0.900. The van der Waals surface area contributed by atoms with Gasteiger partial charge in [0.15, 0.2) is 5.78 Å². The highest BCUT2D eigenvalue weighted by Crippen LogP contribution is 2.18. The molecule has 0 rings (SSSR count). The quantitative estimate of drug-likeness (QED) is 0.687. The van der Waals surface area contributed by atoms with Crippen LogP contribution in [0.4, 0.5) is 0 Å². The predicted molar refractivity (Wildman–Crippen MR) is 83.6 cm³/mol. The summed E-state index contributed by atoms with van der Waals surface area (Å²) in [6, 6.07) is -0.501. The van der Waals surface area contributed by atoms with E-state index < -0.39 is 0 Å². The van der Waals surface area contributed by atoms with Crippen LogP contribution >= 0.6 is 0 Å². The van der Waals surface area contributed by atoms with Crippen LogP contribution in [-0.2, 0) is 9.59 Å². The maximum atomic E-state index is 12.7. The number of rotatable bonds is 8. The zero-order valence-corrected chi connectivity index (χ0v) is 14.4. The van der Waals surface area contributed by atoms with Crippen LogP contribution in [0.25, 0.3) is 0 Å². The Morgan fingerprint density at radius 3 is 1.65 bits per heavy atom. The first-order valence-electron chi connectivity index (χ1n) is 7.60. The van der Waals surface area contributed by atoms with Crippen LogP contribution in [-0.4, -0.2) is 54.7 Å². The molecule has 0 aromatic rings. The minimum absolute atomic E-state index is 0.0353. The van der Waals surface area contributed by atoms with Gasteiger partial charge in [-0.05, 0) is 32.4 Å². The monoisotopic (exact) mass is 284 g/mol. The number of amides is 1. The van der Waals surface area contributed by atoms with Crippen LogP contribution in [0, 0.1) is 11.8 Å². The molecule has 0 N–H and O–H groups in total. The van der Waals surface area contributed by atoms with Gasteiger partial charge >= 0.3 is 0 Å². The van der Waals surface area contributed by atoms with Gasteiger partial charge in [-0.1, -0.05) is 34.6 Å². The molecule has 0 spiro atoms. The normalized spacial score (nSPS) is 14.8.